The predicted octanol–water partition coefficient (Wildman–Crippen LogP) is -13.5. The summed E-state index contributed by atoms with van der Waals surface area (Å²) in [5.74, 6) is -5.68. The third-order valence-corrected chi connectivity index (χ3v) is 4.50. The SMILES string of the molecule is O=C(O)C(O)C(O)C(O)C(O)CO.O=C([O-])C(O)C(O)C(O)C(O)CO.O=C([O-])C(O)C(O)C(O)C(O)CO.[Ca+2]. The first-order chi connectivity index (χ1) is 17.7. The quantitative estimate of drug-likeness (QED) is 0.0750. The fourth-order valence-electron chi connectivity index (χ4n) is 1.99. The fourth-order valence-corrected chi connectivity index (χ4v) is 1.99. The van der Waals surface area contributed by atoms with Crippen molar-refractivity contribution in [3.8, 4) is 0 Å². The summed E-state index contributed by atoms with van der Waals surface area (Å²) >= 11 is 0. The van der Waals surface area contributed by atoms with E-state index < -0.39 is 111 Å². The van der Waals surface area contributed by atoms with Crippen LogP contribution in [0.2, 0.25) is 0 Å². The molecule has 12 atom stereocenters. The summed E-state index contributed by atoms with van der Waals surface area (Å²) in [6.45, 7) is -2.57. The van der Waals surface area contributed by atoms with Crippen molar-refractivity contribution < 1.29 is 106 Å². The fraction of sp³-hybridized carbons (Fsp3) is 0.833. The first-order valence-electron chi connectivity index (χ1n) is 10.4. The summed E-state index contributed by atoms with van der Waals surface area (Å²) in [7, 11) is 0. The average molecular weight is 627 g/mol. The second-order valence-corrected chi connectivity index (χ2v) is 7.50. The summed E-state index contributed by atoms with van der Waals surface area (Å²) in [6, 6.07) is 0. The minimum absolute atomic E-state index is 0. The summed E-state index contributed by atoms with van der Waals surface area (Å²) in [4.78, 5) is 30.1. The van der Waals surface area contributed by atoms with Gasteiger partial charge in [-0.25, -0.2) is 4.79 Å². The Kier molecular flexibility index (Phi) is 27.2. The van der Waals surface area contributed by atoms with E-state index in [9.17, 15) is 24.6 Å². The first-order valence-corrected chi connectivity index (χ1v) is 10.4. The Labute approximate surface area is 254 Å². The molecule has 22 heteroatoms. The van der Waals surface area contributed by atoms with Crippen molar-refractivity contribution in [2.75, 3.05) is 19.8 Å². The van der Waals surface area contributed by atoms with Crippen LogP contribution in [0.1, 0.15) is 0 Å². The Morgan fingerprint density at radius 1 is 0.450 bits per heavy atom. The van der Waals surface area contributed by atoms with E-state index in [4.69, 9.17) is 81.7 Å². The van der Waals surface area contributed by atoms with Gasteiger partial charge in [-0.15, -0.1) is 0 Å². The molecule has 0 rings (SSSR count). The van der Waals surface area contributed by atoms with Crippen LogP contribution in [0.25, 0.3) is 0 Å². The number of hydrogen-bond acceptors (Lipinski definition) is 20. The molecule has 0 aliphatic carbocycles. The summed E-state index contributed by atoms with van der Waals surface area (Å²) in [5, 5.41) is 159. The monoisotopic (exact) mass is 626 g/mol. The van der Waals surface area contributed by atoms with Gasteiger partial charge in [0.1, 0.15) is 67.1 Å². The number of rotatable bonds is 15. The van der Waals surface area contributed by atoms with Crippen molar-refractivity contribution in [2.45, 2.75) is 73.2 Å². The van der Waals surface area contributed by atoms with Crippen LogP contribution in [0.15, 0.2) is 0 Å². The van der Waals surface area contributed by atoms with Crippen LogP contribution >= 0.6 is 0 Å². The average Bonchev–Trinajstić information content (AvgIpc) is 2.92. The van der Waals surface area contributed by atoms with Crippen LogP contribution in [0.3, 0.4) is 0 Å². The molecule has 0 aromatic rings. The molecule has 0 bridgehead atoms. The third-order valence-electron chi connectivity index (χ3n) is 4.50. The number of carbonyl (C=O) groups excluding carboxylic acids is 2. The second-order valence-electron chi connectivity index (χ2n) is 7.50. The Balaban J connectivity index is -0.000000240. The van der Waals surface area contributed by atoms with Crippen molar-refractivity contribution in [2.24, 2.45) is 0 Å². The topological polar surface area (TPSA) is 421 Å². The molecule has 0 fully saturated rings. The molecule has 0 aliphatic heterocycles. The van der Waals surface area contributed by atoms with E-state index in [0.717, 1.165) is 0 Å². The van der Waals surface area contributed by atoms with Gasteiger partial charge in [0.25, 0.3) is 0 Å². The summed E-state index contributed by atoms with van der Waals surface area (Å²) in [6.07, 6.45) is -24.0. The van der Waals surface area contributed by atoms with Gasteiger partial charge in [-0.1, -0.05) is 0 Å². The van der Waals surface area contributed by atoms with Crippen molar-refractivity contribution >= 4 is 55.6 Å². The molecule has 21 nitrogen and oxygen atoms in total. The van der Waals surface area contributed by atoms with Gasteiger partial charge >= 0.3 is 43.7 Å². The van der Waals surface area contributed by atoms with Crippen LogP contribution < -0.4 is 10.2 Å². The zero-order chi connectivity index (χ0) is 31.8. The summed E-state index contributed by atoms with van der Waals surface area (Å²) in [5.41, 5.74) is 0. The molecule has 0 radical (unpaired) electrons. The Hall–Kier alpha value is -0.930. The molecule has 0 amide bonds. The zero-order valence-electron chi connectivity index (χ0n) is 20.5. The maximum absolute atomic E-state index is 10.1. The Morgan fingerprint density at radius 3 is 0.800 bits per heavy atom. The number of aliphatic hydroxyl groups excluding tert-OH is 15. The van der Waals surface area contributed by atoms with Crippen LogP contribution in [0.4, 0.5) is 0 Å². The molecule has 0 aliphatic rings. The predicted molar refractivity (Wildman–Crippen MR) is 117 cm³/mol. The number of carboxylic acid groups (broad SMARTS) is 3. The van der Waals surface area contributed by atoms with Gasteiger partial charge < -0.3 is 102 Å². The Bertz CT molecular complexity index is 608. The molecule has 234 valence electrons. The van der Waals surface area contributed by atoms with E-state index >= 15 is 0 Å². The molecular weight excluding hydrogens is 592 g/mol. The van der Waals surface area contributed by atoms with E-state index in [1.807, 2.05) is 0 Å². The van der Waals surface area contributed by atoms with Gasteiger partial charge in [-0.2, -0.15) is 0 Å². The molecule has 40 heavy (non-hydrogen) atoms. The maximum atomic E-state index is 10.1. The number of aliphatic carboxylic acids is 3. The van der Waals surface area contributed by atoms with Crippen molar-refractivity contribution in [3.05, 3.63) is 0 Å². The van der Waals surface area contributed by atoms with Crippen molar-refractivity contribution in [3.63, 3.8) is 0 Å². The van der Waals surface area contributed by atoms with Gasteiger partial charge in [0.2, 0.25) is 0 Å². The number of hydrogen-bond donors (Lipinski definition) is 16. The molecule has 0 aromatic carbocycles. The minimum Gasteiger partial charge on any atom is -0.547 e. The first kappa shape index (κ1) is 46.0. The minimum atomic E-state index is -2.31. The smallest absolute Gasteiger partial charge is 0.547 e. The van der Waals surface area contributed by atoms with E-state index in [1.165, 1.54) is 0 Å². The molecule has 12 unspecified atom stereocenters. The van der Waals surface area contributed by atoms with Crippen LogP contribution in [0.5, 0.6) is 0 Å². The van der Waals surface area contributed by atoms with E-state index in [-0.39, 0.29) is 37.7 Å². The van der Waals surface area contributed by atoms with E-state index in [0.29, 0.717) is 0 Å². The molecule has 16 N–H and O–H groups in total. The maximum Gasteiger partial charge on any atom is 2.00 e. The third kappa shape index (κ3) is 17.1. The molecule has 0 saturated heterocycles. The number of aliphatic hydroxyl groups is 15. The molecular formula is C18H34CaO21. The van der Waals surface area contributed by atoms with E-state index in [2.05, 4.69) is 0 Å². The molecule has 0 aromatic heterocycles. The normalized spacial score (nSPS) is 19.9. The largest absolute Gasteiger partial charge is 2.00 e. The van der Waals surface area contributed by atoms with Crippen molar-refractivity contribution in [1.29, 1.82) is 0 Å². The van der Waals surface area contributed by atoms with Gasteiger partial charge in [0, 0.05) is 0 Å². The van der Waals surface area contributed by atoms with Crippen LogP contribution in [-0.4, -0.2) is 230 Å². The van der Waals surface area contributed by atoms with Crippen LogP contribution in [0, 0.1) is 0 Å². The molecule has 0 heterocycles. The molecule has 0 spiro atoms. The van der Waals surface area contributed by atoms with Gasteiger partial charge in [0.15, 0.2) is 6.10 Å². The van der Waals surface area contributed by atoms with Gasteiger partial charge in [0.05, 0.1) is 31.8 Å². The summed E-state index contributed by atoms with van der Waals surface area (Å²) < 4.78 is 0. The second kappa shape index (κ2) is 23.6. The Morgan fingerprint density at radius 2 is 0.650 bits per heavy atom. The van der Waals surface area contributed by atoms with Crippen molar-refractivity contribution in [1.82, 2.24) is 0 Å². The zero-order valence-corrected chi connectivity index (χ0v) is 22.7. The standard InChI is InChI=1S/3C6H12O7.Ca/c3*7-1-2(8)3(9)4(10)5(11)6(12)13;/h3*2-5,7-11H,1H2,(H,12,13);/q;;;+2/p-2. The van der Waals surface area contributed by atoms with Crippen LogP contribution in [-0.2, 0) is 14.4 Å². The number of carboxylic acids is 3. The van der Waals surface area contributed by atoms with E-state index in [1.54, 1.807) is 0 Å². The van der Waals surface area contributed by atoms with Gasteiger partial charge in [-0.3, -0.25) is 0 Å². The van der Waals surface area contributed by atoms with Gasteiger partial charge in [-0.05, 0) is 0 Å². The molecule has 0 saturated carbocycles. The number of carbonyl (C=O) groups is 3.